The summed E-state index contributed by atoms with van der Waals surface area (Å²) in [6.45, 7) is 0. The van der Waals surface area contributed by atoms with Crippen LogP contribution >= 0.6 is 0 Å². The molecule has 0 aromatic carbocycles. The second kappa shape index (κ2) is 9.03. The van der Waals surface area contributed by atoms with Crippen molar-refractivity contribution < 1.29 is 9.59 Å². The number of nitrogens with zero attached hydrogens (tertiary/aromatic N) is 1. The van der Waals surface area contributed by atoms with E-state index in [9.17, 15) is 14.5 Å². The Balaban J connectivity index is 3.03. The third kappa shape index (κ3) is 8.85. The molecule has 0 radical (unpaired) electrons. The van der Waals surface area contributed by atoms with Gasteiger partial charge in [-0.25, -0.2) is 0 Å². The van der Waals surface area contributed by atoms with Gasteiger partial charge in [0.25, 0.3) is 5.91 Å². The number of hydrogen-bond donors (Lipinski definition) is 0. The summed E-state index contributed by atoms with van der Waals surface area (Å²) >= 11 is 0. The van der Waals surface area contributed by atoms with Gasteiger partial charge in [-0.3, -0.25) is 4.79 Å². The van der Waals surface area contributed by atoms with Gasteiger partial charge in [-0.1, -0.05) is 19.3 Å². The minimum atomic E-state index is -0.562. The van der Waals surface area contributed by atoms with Crippen LogP contribution in [0.5, 0.6) is 0 Å². The van der Waals surface area contributed by atoms with Crippen molar-refractivity contribution in [3.63, 3.8) is 0 Å². The van der Waals surface area contributed by atoms with E-state index in [-0.39, 0.29) is 6.42 Å². The average molecular weight is 185 g/mol. The van der Waals surface area contributed by atoms with E-state index in [0.717, 1.165) is 38.4 Å². The summed E-state index contributed by atoms with van der Waals surface area (Å²) in [5.74, 6) is -0.562. The molecule has 4 heteroatoms. The standard InChI is InChI=1S/C9H15NO3/c11-8-6-4-2-1-3-5-7-9(12)10-13/h8H,1-7H2. The predicted octanol–water partition coefficient (Wildman–Crippen LogP) is 2.21. The highest BCUT2D eigenvalue weighted by molar-refractivity contribution is 5.76. The summed E-state index contributed by atoms with van der Waals surface area (Å²) in [5.41, 5.74) is 0. The monoisotopic (exact) mass is 185 g/mol. The summed E-state index contributed by atoms with van der Waals surface area (Å²) in [6.07, 6.45) is 6.41. The summed E-state index contributed by atoms with van der Waals surface area (Å²) in [4.78, 5) is 30.0. The summed E-state index contributed by atoms with van der Waals surface area (Å²) in [7, 11) is 0. The first kappa shape index (κ1) is 11.9. The largest absolute Gasteiger partial charge is 0.303 e. The maximum atomic E-state index is 10.4. The van der Waals surface area contributed by atoms with Crippen LogP contribution in [0, 0.1) is 4.91 Å². The zero-order valence-corrected chi connectivity index (χ0v) is 7.70. The fourth-order valence-corrected chi connectivity index (χ4v) is 1.08. The van der Waals surface area contributed by atoms with Crippen molar-refractivity contribution in [1.29, 1.82) is 0 Å². The Morgan fingerprint density at radius 3 is 2.31 bits per heavy atom. The maximum Gasteiger partial charge on any atom is 0.286 e. The molecule has 0 N–H and O–H groups in total. The van der Waals surface area contributed by atoms with Crippen LogP contribution in [0.25, 0.3) is 0 Å². The second-order valence-corrected chi connectivity index (χ2v) is 2.96. The smallest absolute Gasteiger partial charge is 0.286 e. The molecule has 4 nitrogen and oxygen atoms in total. The number of rotatable bonds is 8. The minimum Gasteiger partial charge on any atom is -0.303 e. The van der Waals surface area contributed by atoms with E-state index in [1.807, 2.05) is 0 Å². The lowest BCUT2D eigenvalue weighted by atomic mass is 10.1. The Kier molecular flexibility index (Phi) is 8.30. The van der Waals surface area contributed by atoms with Gasteiger partial charge in [-0.15, -0.1) is 4.91 Å². The Hall–Kier alpha value is -1.06. The molecule has 0 atom stereocenters. The Morgan fingerprint density at radius 2 is 1.69 bits per heavy atom. The van der Waals surface area contributed by atoms with Crippen molar-refractivity contribution in [1.82, 2.24) is 0 Å². The highest BCUT2D eigenvalue weighted by Crippen LogP contribution is 2.06. The molecular formula is C9H15NO3. The maximum absolute atomic E-state index is 10.4. The van der Waals surface area contributed by atoms with Crippen molar-refractivity contribution in [2.45, 2.75) is 44.9 Å². The lowest BCUT2D eigenvalue weighted by molar-refractivity contribution is -0.118. The first-order chi connectivity index (χ1) is 6.31. The molecule has 0 bridgehead atoms. The van der Waals surface area contributed by atoms with E-state index in [1.165, 1.54) is 0 Å². The molecule has 74 valence electrons. The van der Waals surface area contributed by atoms with Crippen LogP contribution in [0.15, 0.2) is 5.18 Å². The van der Waals surface area contributed by atoms with Crippen molar-refractivity contribution in [3.8, 4) is 0 Å². The lowest BCUT2D eigenvalue weighted by Crippen LogP contribution is -1.91. The summed E-state index contributed by atoms with van der Waals surface area (Å²) < 4.78 is 0. The number of carbonyl (C=O) groups is 2. The van der Waals surface area contributed by atoms with E-state index in [4.69, 9.17) is 0 Å². The Labute approximate surface area is 77.7 Å². The molecule has 0 aromatic heterocycles. The number of amides is 1. The Morgan fingerprint density at radius 1 is 1.08 bits per heavy atom. The fraction of sp³-hybridized carbons (Fsp3) is 0.778. The predicted molar refractivity (Wildman–Crippen MR) is 49.2 cm³/mol. The van der Waals surface area contributed by atoms with Gasteiger partial charge in [0.05, 0.1) is 0 Å². The van der Waals surface area contributed by atoms with Gasteiger partial charge in [-0.05, 0) is 12.8 Å². The van der Waals surface area contributed by atoms with E-state index in [0.29, 0.717) is 6.42 Å². The highest BCUT2D eigenvalue weighted by Gasteiger charge is 1.99. The molecule has 0 aliphatic carbocycles. The molecule has 0 aromatic rings. The third-order valence-corrected chi connectivity index (χ3v) is 1.81. The van der Waals surface area contributed by atoms with Gasteiger partial charge in [0, 0.05) is 18.0 Å². The van der Waals surface area contributed by atoms with E-state index in [1.54, 1.807) is 0 Å². The van der Waals surface area contributed by atoms with Crippen LogP contribution in [-0.4, -0.2) is 12.2 Å². The normalized spacial score (nSPS) is 9.54. The summed E-state index contributed by atoms with van der Waals surface area (Å²) in [5, 5.41) is 2.30. The molecule has 13 heavy (non-hydrogen) atoms. The molecule has 0 spiro atoms. The number of carbonyl (C=O) groups excluding carboxylic acids is 2. The molecule has 0 saturated heterocycles. The van der Waals surface area contributed by atoms with E-state index < -0.39 is 5.91 Å². The SMILES string of the molecule is O=CCCCCCCCC(=O)N=O. The van der Waals surface area contributed by atoms with Crippen LogP contribution in [0.3, 0.4) is 0 Å². The zero-order valence-electron chi connectivity index (χ0n) is 7.70. The van der Waals surface area contributed by atoms with Crippen LogP contribution in [0.4, 0.5) is 0 Å². The van der Waals surface area contributed by atoms with Crippen molar-refractivity contribution >= 4 is 12.2 Å². The molecule has 0 fully saturated rings. The fourth-order valence-electron chi connectivity index (χ4n) is 1.08. The average Bonchev–Trinajstić information content (AvgIpc) is 2.16. The van der Waals surface area contributed by atoms with Gasteiger partial charge in [-0.2, -0.15) is 0 Å². The van der Waals surface area contributed by atoms with Gasteiger partial charge in [0.2, 0.25) is 0 Å². The lowest BCUT2D eigenvalue weighted by Gasteiger charge is -1.96. The molecule has 0 rings (SSSR count). The number of hydrogen-bond acceptors (Lipinski definition) is 3. The van der Waals surface area contributed by atoms with Crippen LogP contribution in [-0.2, 0) is 9.59 Å². The zero-order chi connectivity index (χ0) is 9.94. The van der Waals surface area contributed by atoms with Gasteiger partial charge in [0.15, 0.2) is 0 Å². The van der Waals surface area contributed by atoms with Crippen molar-refractivity contribution in [2.24, 2.45) is 5.18 Å². The topological polar surface area (TPSA) is 63.6 Å². The number of nitroso groups, excluding NO2 is 1. The molecular weight excluding hydrogens is 170 g/mol. The number of aldehydes is 1. The molecule has 0 aliphatic rings. The first-order valence-corrected chi connectivity index (χ1v) is 4.61. The minimum absolute atomic E-state index is 0.261. The van der Waals surface area contributed by atoms with Gasteiger partial charge < -0.3 is 4.79 Å². The van der Waals surface area contributed by atoms with E-state index in [2.05, 4.69) is 5.18 Å². The summed E-state index contributed by atoms with van der Waals surface area (Å²) in [6, 6.07) is 0. The number of unbranched alkanes of at least 4 members (excludes halogenated alkanes) is 5. The highest BCUT2D eigenvalue weighted by atomic mass is 16.3. The molecule has 0 saturated carbocycles. The van der Waals surface area contributed by atoms with Crippen LogP contribution in [0.1, 0.15) is 44.9 Å². The second-order valence-electron chi connectivity index (χ2n) is 2.96. The first-order valence-electron chi connectivity index (χ1n) is 4.61. The van der Waals surface area contributed by atoms with Crippen LogP contribution in [0.2, 0.25) is 0 Å². The van der Waals surface area contributed by atoms with Crippen molar-refractivity contribution in [2.75, 3.05) is 0 Å². The van der Waals surface area contributed by atoms with Gasteiger partial charge in [0.1, 0.15) is 6.29 Å². The Bertz CT molecular complexity index is 168. The van der Waals surface area contributed by atoms with Crippen LogP contribution < -0.4 is 0 Å². The molecule has 0 unspecified atom stereocenters. The van der Waals surface area contributed by atoms with Gasteiger partial charge >= 0.3 is 0 Å². The molecule has 1 amide bonds. The molecule has 0 aliphatic heterocycles. The van der Waals surface area contributed by atoms with Crippen molar-refractivity contribution in [3.05, 3.63) is 4.91 Å². The molecule has 0 heterocycles. The third-order valence-electron chi connectivity index (χ3n) is 1.81. The quantitative estimate of drug-likeness (QED) is 0.331. The van der Waals surface area contributed by atoms with E-state index >= 15 is 0 Å².